The van der Waals surface area contributed by atoms with Crippen LogP contribution in [-0.2, 0) is 10.0 Å². The Bertz CT molecular complexity index is 979. The summed E-state index contributed by atoms with van der Waals surface area (Å²) in [6.07, 6.45) is 3.82. The molecule has 2 N–H and O–H groups in total. The zero-order valence-corrected chi connectivity index (χ0v) is 17.2. The molecule has 3 rings (SSSR count). The number of carbonyl (C=O) groups is 2. The van der Waals surface area contributed by atoms with Crippen molar-refractivity contribution in [2.45, 2.75) is 30.6 Å². The van der Waals surface area contributed by atoms with Gasteiger partial charge in [0, 0.05) is 25.7 Å². The van der Waals surface area contributed by atoms with Crippen molar-refractivity contribution in [2.24, 2.45) is 0 Å². The van der Waals surface area contributed by atoms with Crippen molar-refractivity contribution >= 4 is 27.5 Å². The van der Waals surface area contributed by atoms with Gasteiger partial charge in [0.05, 0.1) is 16.1 Å². The first-order valence-corrected chi connectivity index (χ1v) is 11.1. The number of nitrogens with one attached hydrogen (secondary N) is 2. The van der Waals surface area contributed by atoms with E-state index in [1.54, 1.807) is 24.3 Å². The molecule has 154 valence electrons. The van der Waals surface area contributed by atoms with Gasteiger partial charge in [0.25, 0.3) is 11.8 Å². The summed E-state index contributed by atoms with van der Waals surface area (Å²) in [7, 11) is -2.04. The third kappa shape index (κ3) is 4.83. The molecule has 1 aliphatic heterocycles. The highest BCUT2D eigenvalue weighted by Crippen LogP contribution is 2.21. The second kappa shape index (κ2) is 9.19. The minimum Gasteiger partial charge on any atom is -0.355 e. The first-order valence-electron chi connectivity index (χ1n) is 9.66. The van der Waals surface area contributed by atoms with Crippen LogP contribution in [0.25, 0.3) is 0 Å². The molecule has 7 nitrogen and oxygen atoms in total. The van der Waals surface area contributed by atoms with E-state index in [2.05, 4.69) is 10.6 Å². The normalized spacial score (nSPS) is 15.3. The largest absolute Gasteiger partial charge is 0.355 e. The molecular formula is C21H25N3O4S. The number of hydrogen-bond donors (Lipinski definition) is 2. The Labute approximate surface area is 171 Å². The summed E-state index contributed by atoms with van der Waals surface area (Å²) in [4.78, 5) is 24.7. The van der Waals surface area contributed by atoms with Crippen molar-refractivity contribution in [2.75, 3.05) is 25.5 Å². The fourth-order valence-corrected chi connectivity index (χ4v) is 4.85. The number of nitrogens with zero attached hydrogens (tertiary/aromatic N) is 1. The first kappa shape index (κ1) is 21.0. The lowest BCUT2D eigenvalue weighted by molar-refractivity contribution is 0.0964. The average Bonchev–Trinajstić information content (AvgIpc) is 3.04. The third-order valence-electron chi connectivity index (χ3n) is 4.97. The standard InChI is InChI=1S/C21H25N3O4S/c1-22-21(26)18-8-4-5-9-19(18)23-20(25)16-10-12-17(13-11-16)29(27,28)24-14-6-2-3-7-15-24/h4-5,8-13H,2-3,6-7,14-15H2,1H3,(H,22,26)(H,23,25). The molecule has 0 radical (unpaired) electrons. The molecule has 0 aliphatic carbocycles. The molecule has 2 aromatic carbocycles. The highest BCUT2D eigenvalue weighted by molar-refractivity contribution is 7.89. The van der Waals surface area contributed by atoms with E-state index in [1.165, 1.54) is 35.6 Å². The van der Waals surface area contributed by atoms with Crippen molar-refractivity contribution in [3.63, 3.8) is 0 Å². The van der Waals surface area contributed by atoms with Crippen LogP contribution in [-0.4, -0.2) is 44.7 Å². The summed E-state index contributed by atoms with van der Waals surface area (Å²) in [5.74, 6) is -0.722. The number of hydrogen-bond acceptors (Lipinski definition) is 4. The van der Waals surface area contributed by atoms with Gasteiger partial charge >= 0.3 is 0 Å². The van der Waals surface area contributed by atoms with Crippen LogP contribution in [0, 0.1) is 0 Å². The lowest BCUT2D eigenvalue weighted by Crippen LogP contribution is -2.31. The van der Waals surface area contributed by atoms with Gasteiger partial charge in [0.2, 0.25) is 10.0 Å². The summed E-state index contributed by atoms with van der Waals surface area (Å²) in [5.41, 5.74) is 1.05. The quantitative estimate of drug-likeness (QED) is 0.785. The van der Waals surface area contributed by atoms with Gasteiger partial charge in [-0.05, 0) is 49.2 Å². The minimum absolute atomic E-state index is 0.182. The second-order valence-electron chi connectivity index (χ2n) is 6.92. The van der Waals surface area contributed by atoms with Crippen LogP contribution in [0.15, 0.2) is 53.4 Å². The molecule has 1 heterocycles. The van der Waals surface area contributed by atoms with Gasteiger partial charge in [0.1, 0.15) is 0 Å². The molecule has 1 saturated heterocycles. The molecule has 0 bridgehead atoms. The molecule has 1 aliphatic rings. The van der Waals surface area contributed by atoms with Gasteiger partial charge < -0.3 is 10.6 Å². The van der Waals surface area contributed by atoms with Gasteiger partial charge in [-0.1, -0.05) is 25.0 Å². The zero-order valence-electron chi connectivity index (χ0n) is 16.3. The van der Waals surface area contributed by atoms with Crippen molar-refractivity contribution in [1.29, 1.82) is 0 Å². The summed E-state index contributed by atoms with van der Waals surface area (Å²) in [6, 6.07) is 12.6. The van der Waals surface area contributed by atoms with Gasteiger partial charge in [-0.2, -0.15) is 4.31 Å². The molecule has 0 atom stereocenters. The molecule has 0 spiro atoms. The maximum Gasteiger partial charge on any atom is 0.255 e. The fraction of sp³-hybridized carbons (Fsp3) is 0.333. The van der Waals surface area contributed by atoms with Gasteiger partial charge in [-0.3, -0.25) is 9.59 Å². The maximum atomic E-state index is 12.8. The molecule has 2 aromatic rings. The van der Waals surface area contributed by atoms with E-state index in [1.807, 2.05) is 0 Å². The predicted molar refractivity (Wildman–Crippen MR) is 111 cm³/mol. The topological polar surface area (TPSA) is 95.6 Å². The maximum absolute atomic E-state index is 12.8. The molecule has 2 amide bonds. The van der Waals surface area contributed by atoms with Crippen LogP contribution in [0.1, 0.15) is 46.4 Å². The highest BCUT2D eigenvalue weighted by Gasteiger charge is 2.25. The SMILES string of the molecule is CNC(=O)c1ccccc1NC(=O)c1ccc(S(=O)(=O)N2CCCCCC2)cc1. The molecule has 29 heavy (non-hydrogen) atoms. The highest BCUT2D eigenvalue weighted by atomic mass is 32.2. The van der Waals surface area contributed by atoms with E-state index in [0.717, 1.165) is 25.7 Å². The lowest BCUT2D eigenvalue weighted by atomic mass is 10.1. The van der Waals surface area contributed by atoms with E-state index in [9.17, 15) is 18.0 Å². The number of anilines is 1. The van der Waals surface area contributed by atoms with Crippen LogP contribution >= 0.6 is 0 Å². The first-order chi connectivity index (χ1) is 13.9. The smallest absolute Gasteiger partial charge is 0.255 e. The van der Waals surface area contributed by atoms with Gasteiger partial charge in [-0.25, -0.2) is 8.42 Å². The fourth-order valence-electron chi connectivity index (χ4n) is 3.33. The summed E-state index contributed by atoms with van der Waals surface area (Å²) in [6.45, 7) is 1.06. The summed E-state index contributed by atoms with van der Waals surface area (Å²) >= 11 is 0. The lowest BCUT2D eigenvalue weighted by Gasteiger charge is -2.20. The van der Waals surface area contributed by atoms with Gasteiger partial charge in [0.15, 0.2) is 0 Å². The minimum atomic E-state index is -3.56. The number of para-hydroxylation sites is 1. The monoisotopic (exact) mass is 415 g/mol. The Kier molecular flexibility index (Phi) is 6.66. The molecule has 0 saturated carbocycles. The Morgan fingerprint density at radius 3 is 2.10 bits per heavy atom. The Balaban J connectivity index is 1.77. The van der Waals surface area contributed by atoms with Gasteiger partial charge in [-0.15, -0.1) is 0 Å². The van der Waals surface area contributed by atoms with Crippen LogP contribution < -0.4 is 10.6 Å². The zero-order chi connectivity index (χ0) is 20.9. The molecule has 0 unspecified atom stereocenters. The van der Waals surface area contributed by atoms with Crippen LogP contribution in [0.3, 0.4) is 0 Å². The Morgan fingerprint density at radius 1 is 0.862 bits per heavy atom. The van der Waals surface area contributed by atoms with Crippen molar-refractivity contribution < 1.29 is 18.0 Å². The van der Waals surface area contributed by atoms with E-state index in [0.29, 0.717) is 29.9 Å². The molecule has 1 fully saturated rings. The number of benzene rings is 2. The Morgan fingerprint density at radius 2 is 1.48 bits per heavy atom. The van der Waals surface area contributed by atoms with E-state index in [4.69, 9.17) is 0 Å². The number of rotatable bonds is 5. The second-order valence-corrected chi connectivity index (χ2v) is 8.86. The van der Waals surface area contributed by atoms with Crippen molar-refractivity contribution in [3.05, 3.63) is 59.7 Å². The predicted octanol–water partition coefficient (Wildman–Crippen LogP) is 2.86. The third-order valence-corrected chi connectivity index (χ3v) is 6.88. The van der Waals surface area contributed by atoms with E-state index in [-0.39, 0.29) is 10.8 Å². The van der Waals surface area contributed by atoms with Crippen LogP contribution in [0.5, 0.6) is 0 Å². The number of amides is 2. The summed E-state index contributed by atoms with van der Waals surface area (Å²) < 4.78 is 27.2. The number of sulfonamides is 1. The van der Waals surface area contributed by atoms with Crippen LogP contribution in [0.2, 0.25) is 0 Å². The van der Waals surface area contributed by atoms with E-state index < -0.39 is 15.9 Å². The van der Waals surface area contributed by atoms with E-state index >= 15 is 0 Å². The average molecular weight is 416 g/mol. The van der Waals surface area contributed by atoms with Crippen molar-refractivity contribution in [1.82, 2.24) is 9.62 Å². The Hall–Kier alpha value is -2.71. The van der Waals surface area contributed by atoms with Crippen molar-refractivity contribution in [3.8, 4) is 0 Å². The molecule has 8 heteroatoms. The van der Waals surface area contributed by atoms with Crippen LogP contribution in [0.4, 0.5) is 5.69 Å². The number of carbonyl (C=O) groups excluding carboxylic acids is 2. The molecular weight excluding hydrogens is 390 g/mol. The molecule has 0 aromatic heterocycles. The summed E-state index contributed by atoms with van der Waals surface area (Å²) in [5, 5.41) is 5.25.